The molecule has 0 radical (unpaired) electrons. The molecule has 0 aliphatic carbocycles. The van der Waals surface area contributed by atoms with Crippen LogP contribution in [0.3, 0.4) is 0 Å². The van der Waals surface area contributed by atoms with Gasteiger partial charge >= 0.3 is 0 Å². The number of carbonyl (C=O) groups excluding carboxylic acids is 3. The molecule has 1 unspecified atom stereocenters. The fraction of sp³-hybridized carbons (Fsp3) is 0.318. The van der Waals surface area contributed by atoms with Crippen LogP contribution >= 0.6 is 0 Å². The quantitative estimate of drug-likeness (QED) is 0.788. The summed E-state index contributed by atoms with van der Waals surface area (Å²) in [7, 11) is 0. The second-order valence-corrected chi connectivity index (χ2v) is 7.33. The number of rotatable bonds is 5. The van der Waals surface area contributed by atoms with Crippen molar-refractivity contribution < 1.29 is 23.9 Å². The van der Waals surface area contributed by atoms with E-state index < -0.39 is 5.92 Å². The molecule has 8 heteroatoms. The molecule has 3 amide bonds. The van der Waals surface area contributed by atoms with Crippen molar-refractivity contribution in [1.29, 1.82) is 0 Å². The highest BCUT2D eigenvalue weighted by atomic mass is 16.6. The van der Waals surface area contributed by atoms with Crippen molar-refractivity contribution in [2.75, 3.05) is 30.0 Å². The molecule has 2 aromatic rings. The Morgan fingerprint density at radius 2 is 1.90 bits per heavy atom. The highest BCUT2D eigenvalue weighted by Gasteiger charge is 2.35. The average Bonchev–Trinajstić information content (AvgIpc) is 3.13. The van der Waals surface area contributed by atoms with Crippen LogP contribution in [0.25, 0.3) is 0 Å². The molecule has 2 aromatic carbocycles. The summed E-state index contributed by atoms with van der Waals surface area (Å²) in [4.78, 5) is 37.9. The van der Waals surface area contributed by atoms with Crippen LogP contribution in [0, 0.1) is 5.92 Å². The molecule has 1 saturated heterocycles. The van der Waals surface area contributed by atoms with E-state index in [9.17, 15) is 14.4 Å². The molecular formula is C22H23N3O5. The third-order valence-electron chi connectivity index (χ3n) is 5.05. The van der Waals surface area contributed by atoms with E-state index in [0.717, 1.165) is 5.56 Å². The molecule has 0 spiro atoms. The summed E-state index contributed by atoms with van der Waals surface area (Å²) in [5.41, 5.74) is 2.24. The molecule has 1 fully saturated rings. The molecule has 30 heavy (non-hydrogen) atoms. The lowest BCUT2D eigenvalue weighted by Gasteiger charge is -2.22. The van der Waals surface area contributed by atoms with Crippen LogP contribution in [0.1, 0.15) is 18.9 Å². The number of amides is 3. The van der Waals surface area contributed by atoms with Gasteiger partial charge in [0.05, 0.1) is 5.92 Å². The van der Waals surface area contributed by atoms with Crippen molar-refractivity contribution in [2.24, 2.45) is 5.92 Å². The molecule has 2 aliphatic rings. The predicted molar refractivity (Wildman–Crippen MR) is 110 cm³/mol. The first-order valence-corrected chi connectivity index (χ1v) is 9.84. The summed E-state index contributed by atoms with van der Waals surface area (Å²) in [5.74, 6) is 0.419. The summed E-state index contributed by atoms with van der Waals surface area (Å²) < 4.78 is 11.1. The molecule has 0 aromatic heterocycles. The molecule has 8 nitrogen and oxygen atoms in total. The maximum atomic E-state index is 12.6. The number of carbonyl (C=O) groups is 3. The monoisotopic (exact) mass is 409 g/mol. The van der Waals surface area contributed by atoms with Crippen molar-refractivity contribution in [3.63, 3.8) is 0 Å². The molecule has 2 aliphatic heterocycles. The third kappa shape index (κ3) is 4.37. The lowest BCUT2D eigenvalue weighted by molar-refractivity contribution is -0.126. The van der Waals surface area contributed by atoms with Crippen molar-refractivity contribution in [3.05, 3.63) is 48.0 Å². The number of hydrogen-bond donors (Lipinski definition) is 2. The molecular weight excluding hydrogens is 386 g/mol. The second kappa shape index (κ2) is 8.44. The Kier molecular flexibility index (Phi) is 5.56. The summed E-state index contributed by atoms with van der Waals surface area (Å²) in [6, 6.07) is 12.6. The maximum Gasteiger partial charge on any atom is 0.227 e. The van der Waals surface area contributed by atoms with E-state index in [1.807, 2.05) is 18.2 Å². The Labute approximate surface area is 174 Å². The first-order chi connectivity index (χ1) is 14.5. The lowest BCUT2D eigenvalue weighted by Crippen LogP contribution is -2.32. The van der Waals surface area contributed by atoms with Gasteiger partial charge in [-0.15, -0.1) is 0 Å². The van der Waals surface area contributed by atoms with Crippen molar-refractivity contribution >= 4 is 29.1 Å². The van der Waals surface area contributed by atoms with E-state index in [1.165, 1.54) is 6.92 Å². The Hall–Kier alpha value is -3.55. The van der Waals surface area contributed by atoms with Gasteiger partial charge in [-0.05, 0) is 29.8 Å². The van der Waals surface area contributed by atoms with Gasteiger partial charge in [-0.3, -0.25) is 14.4 Å². The number of anilines is 2. The van der Waals surface area contributed by atoms with Crippen LogP contribution in [-0.4, -0.2) is 37.5 Å². The highest BCUT2D eigenvalue weighted by Crippen LogP contribution is 2.36. The minimum atomic E-state index is -0.427. The lowest BCUT2D eigenvalue weighted by atomic mass is 10.1. The van der Waals surface area contributed by atoms with Gasteiger partial charge in [0.15, 0.2) is 11.5 Å². The Morgan fingerprint density at radius 1 is 1.10 bits per heavy atom. The molecule has 2 N–H and O–H groups in total. The number of nitrogens with zero attached hydrogens (tertiary/aromatic N) is 1. The molecule has 0 bridgehead atoms. The van der Waals surface area contributed by atoms with Gasteiger partial charge < -0.3 is 25.0 Å². The smallest absolute Gasteiger partial charge is 0.227 e. The van der Waals surface area contributed by atoms with Gasteiger partial charge in [-0.25, -0.2) is 0 Å². The normalized spacial score (nSPS) is 17.6. The minimum absolute atomic E-state index is 0.0977. The summed E-state index contributed by atoms with van der Waals surface area (Å²) >= 11 is 0. The van der Waals surface area contributed by atoms with E-state index in [-0.39, 0.29) is 24.1 Å². The molecule has 4 rings (SSSR count). The molecule has 1 atom stereocenters. The third-order valence-corrected chi connectivity index (χ3v) is 5.05. The van der Waals surface area contributed by atoms with E-state index in [2.05, 4.69) is 10.6 Å². The zero-order valence-corrected chi connectivity index (χ0v) is 16.6. The molecule has 156 valence electrons. The van der Waals surface area contributed by atoms with Gasteiger partial charge in [0.1, 0.15) is 13.2 Å². The van der Waals surface area contributed by atoms with Crippen molar-refractivity contribution in [3.8, 4) is 11.5 Å². The van der Waals surface area contributed by atoms with Crippen LogP contribution in [0.2, 0.25) is 0 Å². The number of ether oxygens (including phenoxy) is 2. The first kappa shape index (κ1) is 19.8. The van der Waals surface area contributed by atoms with Crippen LogP contribution < -0.4 is 25.0 Å². The van der Waals surface area contributed by atoms with E-state index >= 15 is 0 Å². The number of nitrogens with one attached hydrogen (secondary N) is 2. The highest BCUT2D eigenvalue weighted by molar-refractivity contribution is 6.00. The predicted octanol–water partition coefficient (Wildman–Crippen LogP) is 2.09. The summed E-state index contributed by atoms with van der Waals surface area (Å²) in [6.45, 7) is 3.06. The number of hydrogen-bond acceptors (Lipinski definition) is 5. The van der Waals surface area contributed by atoms with Gasteiger partial charge in [0, 0.05) is 43.9 Å². The Morgan fingerprint density at radius 3 is 2.70 bits per heavy atom. The average molecular weight is 409 g/mol. The maximum absolute atomic E-state index is 12.6. The van der Waals surface area contributed by atoms with Crippen molar-refractivity contribution in [1.82, 2.24) is 5.32 Å². The molecule has 0 saturated carbocycles. The fourth-order valence-corrected chi connectivity index (χ4v) is 3.63. The fourth-order valence-electron chi connectivity index (χ4n) is 3.63. The first-order valence-electron chi connectivity index (χ1n) is 9.84. The largest absolute Gasteiger partial charge is 0.486 e. The van der Waals surface area contributed by atoms with Crippen LogP contribution in [0.4, 0.5) is 11.4 Å². The standard InChI is InChI=1S/C22H23N3O5/c1-14(26)24-17-4-2-3-15(9-17)12-23-22(28)16-10-21(27)25(13-16)18-5-6-19-20(11-18)30-8-7-29-19/h2-6,9,11,16H,7-8,10,12-13H2,1H3,(H,23,28)(H,24,26). The summed E-state index contributed by atoms with van der Waals surface area (Å²) in [5, 5.41) is 5.61. The Bertz CT molecular complexity index is 990. The Balaban J connectivity index is 1.37. The van der Waals surface area contributed by atoms with E-state index in [0.29, 0.717) is 49.2 Å². The topological polar surface area (TPSA) is 97.0 Å². The number of fused-ring (bicyclic) bond motifs is 1. The van der Waals surface area contributed by atoms with Gasteiger partial charge in [0.25, 0.3) is 0 Å². The zero-order chi connectivity index (χ0) is 21.1. The van der Waals surface area contributed by atoms with Crippen molar-refractivity contribution in [2.45, 2.75) is 19.9 Å². The summed E-state index contributed by atoms with van der Waals surface area (Å²) in [6.07, 6.45) is 0.159. The van der Waals surface area contributed by atoms with Gasteiger partial charge in [0.2, 0.25) is 17.7 Å². The van der Waals surface area contributed by atoms with E-state index in [1.54, 1.807) is 29.2 Å². The second-order valence-electron chi connectivity index (χ2n) is 7.33. The van der Waals surface area contributed by atoms with Gasteiger partial charge in [-0.1, -0.05) is 12.1 Å². The van der Waals surface area contributed by atoms with Crippen LogP contribution in [-0.2, 0) is 20.9 Å². The number of benzene rings is 2. The SMILES string of the molecule is CC(=O)Nc1cccc(CNC(=O)C2CC(=O)N(c3ccc4c(c3)OCCO4)C2)c1. The van der Waals surface area contributed by atoms with Gasteiger partial charge in [-0.2, -0.15) is 0 Å². The minimum Gasteiger partial charge on any atom is -0.486 e. The van der Waals surface area contributed by atoms with E-state index in [4.69, 9.17) is 9.47 Å². The van der Waals surface area contributed by atoms with Crippen LogP contribution in [0.5, 0.6) is 11.5 Å². The molecule has 2 heterocycles. The van der Waals surface area contributed by atoms with Crippen LogP contribution in [0.15, 0.2) is 42.5 Å². The zero-order valence-electron chi connectivity index (χ0n) is 16.6.